The summed E-state index contributed by atoms with van der Waals surface area (Å²) >= 11 is 0. The summed E-state index contributed by atoms with van der Waals surface area (Å²) in [6.07, 6.45) is 10.2. The van der Waals surface area contributed by atoms with Gasteiger partial charge in [-0.25, -0.2) is 0 Å². The summed E-state index contributed by atoms with van der Waals surface area (Å²) < 4.78 is 2.05. The second-order valence-electron chi connectivity index (χ2n) is 7.99. The Morgan fingerprint density at radius 1 is 1.33 bits per heavy atom. The first-order valence-corrected chi connectivity index (χ1v) is 9.70. The predicted molar refractivity (Wildman–Crippen MR) is 91.9 cm³/mol. The summed E-state index contributed by atoms with van der Waals surface area (Å²) in [5.41, 5.74) is 1.44. The number of amides is 1. The molecule has 2 unspecified atom stereocenters. The Labute approximate surface area is 144 Å². The molecule has 0 aromatic carbocycles. The fourth-order valence-corrected chi connectivity index (χ4v) is 4.66. The van der Waals surface area contributed by atoms with Crippen molar-refractivity contribution in [2.75, 3.05) is 13.1 Å². The topological polar surface area (TPSA) is 58.4 Å². The Hall–Kier alpha value is -1.36. The second kappa shape index (κ2) is 6.17. The van der Waals surface area contributed by atoms with E-state index in [-0.39, 0.29) is 11.8 Å². The number of hydrogen-bond acceptors (Lipinski definition) is 3. The molecule has 1 aromatic heterocycles. The fourth-order valence-electron chi connectivity index (χ4n) is 4.66. The van der Waals surface area contributed by atoms with Crippen LogP contribution < -0.4 is 0 Å². The van der Waals surface area contributed by atoms with Crippen LogP contribution in [0.4, 0.5) is 0 Å². The number of aliphatic hydroxyl groups is 1. The number of carbonyl (C=O) groups is 1. The van der Waals surface area contributed by atoms with Crippen molar-refractivity contribution in [1.82, 2.24) is 14.7 Å². The van der Waals surface area contributed by atoms with Crippen molar-refractivity contribution < 1.29 is 9.90 Å². The number of aromatic nitrogens is 2. The van der Waals surface area contributed by atoms with E-state index in [9.17, 15) is 9.90 Å². The summed E-state index contributed by atoms with van der Waals surface area (Å²) in [6, 6.07) is 0. The lowest BCUT2D eigenvalue weighted by Gasteiger charge is -2.47. The monoisotopic (exact) mass is 331 g/mol. The standard InChI is InChI=1S/C19H29N3O2/c1-2-10-22-17(14-6-7-14)16(12-20-22)18(23)21-11-9-19(24)8-4-3-5-15(19)13-21/h12,14-15,24H,2-11,13H2,1H3. The van der Waals surface area contributed by atoms with Crippen molar-refractivity contribution in [2.45, 2.75) is 76.4 Å². The van der Waals surface area contributed by atoms with Crippen molar-refractivity contribution in [2.24, 2.45) is 5.92 Å². The van der Waals surface area contributed by atoms with E-state index in [1.54, 1.807) is 6.20 Å². The van der Waals surface area contributed by atoms with E-state index in [2.05, 4.69) is 12.0 Å². The maximum atomic E-state index is 13.1. The first kappa shape index (κ1) is 16.1. The maximum Gasteiger partial charge on any atom is 0.257 e. The number of nitrogens with zero attached hydrogens (tertiary/aromatic N) is 3. The van der Waals surface area contributed by atoms with Crippen molar-refractivity contribution in [3.63, 3.8) is 0 Å². The van der Waals surface area contributed by atoms with E-state index in [1.165, 1.54) is 19.3 Å². The average molecular weight is 331 g/mol. The van der Waals surface area contributed by atoms with Gasteiger partial charge in [0.1, 0.15) is 0 Å². The third-order valence-corrected chi connectivity index (χ3v) is 6.22. The molecule has 4 rings (SSSR count). The Kier molecular flexibility index (Phi) is 4.15. The normalized spacial score (nSPS) is 30.2. The van der Waals surface area contributed by atoms with E-state index in [0.717, 1.165) is 49.9 Å². The molecule has 3 aliphatic rings. The SMILES string of the molecule is CCCn1ncc(C(=O)N2CCC3(O)CCCCC3C2)c1C1CC1. The van der Waals surface area contributed by atoms with E-state index >= 15 is 0 Å². The van der Waals surface area contributed by atoms with E-state index in [0.29, 0.717) is 19.0 Å². The summed E-state index contributed by atoms with van der Waals surface area (Å²) in [6.45, 7) is 4.42. The Bertz CT molecular complexity index is 622. The largest absolute Gasteiger partial charge is 0.389 e. The van der Waals surface area contributed by atoms with Crippen LogP contribution in [0.1, 0.15) is 80.3 Å². The fraction of sp³-hybridized carbons (Fsp3) is 0.789. The Morgan fingerprint density at radius 3 is 2.92 bits per heavy atom. The second-order valence-corrected chi connectivity index (χ2v) is 7.99. The highest BCUT2D eigenvalue weighted by Gasteiger charge is 2.44. The van der Waals surface area contributed by atoms with Gasteiger partial charge in [-0.2, -0.15) is 5.10 Å². The molecule has 132 valence electrons. The van der Waals surface area contributed by atoms with Crippen LogP contribution in [0.2, 0.25) is 0 Å². The Balaban J connectivity index is 1.54. The maximum absolute atomic E-state index is 13.1. The van der Waals surface area contributed by atoms with Crippen LogP contribution in [0.3, 0.4) is 0 Å². The van der Waals surface area contributed by atoms with Crippen LogP contribution in [0.25, 0.3) is 0 Å². The lowest BCUT2D eigenvalue weighted by Crippen LogP contribution is -2.54. The number of likely N-dealkylation sites (tertiary alicyclic amines) is 1. The lowest BCUT2D eigenvalue weighted by molar-refractivity contribution is -0.0886. The molecule has 1 aliphatic heterocycles. The van der Waals surface area contributed by atoms with Gasteiger partial charge in [0, 0.05) is 31.5 Å². The molecule has 5 heteroatoms. The van der Waals surface area contributed by atoms with Gasteiger partial charge in [0.25, 0.3) is 5.91 Å². The zero-order chi connectivity index (χ0) is 16.7. The first-order chi connectivity index (χ1) is 11.6. The van der Waals surface area contributed by atoms with Gasteiger partial charge < -0.3 is 10.0 Å². The molecular formula is C19H29N3O2. The molecule has 0 radical (unpaired) electrons. The van der Waals surface area contributed by atoms with Crippen LogP contribution in [-0.2, 0) is 6.54 Å². The number of piperidine rings is 1. The predicted octanol–water partition coefficient (Wildman–Crippen LogP) is 2.94. The van der Waals surface area contributed by atoms with Gasteiger partial charge in [-0.15, -0.1) is 0 Å². The highest BCUT2D eigenvalue weighted by molar-refractivity contribution is 5.95. The molecule has 1 saturated heterocycles. The van der Waals surface area contributed by atoms with Gasteiger partial charge in [0.15, 0.2) is 0 Å². The molecule has 5 nitrogen and oxygen atoms in total. The van der Waals surface area contributed by atoms with Crippen LogP contribution >= 0.6 is 0 Å². The van der Waals surface area contributed by atoms with Crippen molar-refractivity contribution in [3.8, 4) is 0 Å². The number of fused-ring (bicyclic) bond motifs is 1. The molecule has 1 amide bonds. The number of rotatable bonds is 4. The van der Waals surface area contributed by atoms with Crippen molar-refractivity contribution >= 4 is 5.91 Å². The third kappa shape index (κ3) is 2.77. The molecule has 24 heavy (non-hydrogen) atoms. The van der Waals surface area contributed by atoms with Crippen LogP contribution in [0.5, 0.6) is 0 Å². The van der Waals surface area contributed by atoms with Gasteiger partial charge in [-0.05, 0) is 38.5 Å². The summed E-state index contributed by atoms with van der Waals surface area (Å²) in [5, 5.41) is 15.3. The summed E-state index contributed by atoms with van der Waals surface area (Å²) in [5.74, 6) is 0.903. The molecule has 0 spiro atoms. The first-order valence-electron chi connectivity index (χ1n) is 9.70. The van der Waals surface area contributed by atoms with Crippen LogP contribution in [-0.4, -0.2) is 44.4 Å². The van der Waals surface area contributed by atoms with Gasteiger partial charge >= 0.3 is 0 Å². The zero-order valence-corrected chi connectivity index (χ0v) is 14.7. The van der Waals surface area contributed by atoms with Gasteiger partial charge in [0.2, 0.25) is 0 Å². The third-order valence-electron chi connectivity index (χ3n) is 6.22. The summed E-state index contributed by atoms with van der Waals surface area (Å²) in [7, 11) is 0. The molecule has 1 aromatic rings. The van der Waals surface area contributed by atoms with Gasteiger partial charge in [-0.1, -0.05) is 19.8 Å². The molecule has 3 fully saturated rings. The minimum absolute atomic E-state index is 0.131. The number of carbonyl (C=O) groups excluding carboxylic acids is 1. The molecule has 2 atom stereocenters. The van der Waals surface area contributed by atoms with Gasteiger partial charge in [-0.3, -0.25) is 9.48 Å². The molecule has 1 N–H and O–H groups in total. The van der Waals surface area contributed by atoms with Gasteiger partial charge in [0.05, 0.1) is 23.1 Å². The molecular weight excluding hydrogens is 302 g/mol. The van der Waals surface area contributed by atoms with E-state index < -0.39 is 5.60 Å². The number of hydrogen-bond donors (Lipinski definition) is 1. The molecule has 2 aliphatic carbocycles. The van der Waals surface area contributed by atoms with Crippen LogP contribution in [0, 0.1) is 5.92 Å². The zero-order valence-electron chi connectivity index (χ0n) is 14.7. The van der Waals surface area contributed by atoms with Crippen LogP contribution in [0.15, 0.2) is 6.20 Å². The quantitative estimate of drug-likeness (QED) is 0.923. The molecule has 2 saturated carbocycles. The lowest BCUT2D eigenvalue weighted by atomic mass is 9.71. The van der Waals surface area contributed by atoms with E-state index in [1.807, 2.05) is 9.58 Å². The van der Waals surface area contributed by atoms with E-state index in [4.69, 9.17) is 0 Å². The highest BCUT2D eigenvalue weighted by atomic mass is 16.3. The average Bonchev–Trinajstić information content (AvgIpc) is 3.34. The summed E-state index contributed by atoms with van der Waals surface area (Å²) in [4.78, 5) is 15.1. The Morgan fingerprint density at radius 2 is 2.17 bits per heavy atom. The minimum Gasteiger partial charge on any atom is -0.389 e. The highest BCUT2D eigenvalue weighted by Crippen LogP contribution is 2.43. The van der Waals surface area contributed by atoms with Crippen molar-refractivity contribution in [3.05, 3.63) is 17.5 Å². The smallest absolute Gasteiger partial charge is 0.257 e. The number of aryl methyl sites for hydroxylation is 1. The van der Waals surface area contributed by atoms with Crippen molar-refractivity contribution in [1.29, 1.82) is 0 Å². The molecule has 2 heterocycles. The molecule has 0 bridgehead atoms. The minimum atomic E-state index is -0.527.